The zero-order valence-electron chi connectivity index (χ0n) is 23.2. The summed E-state index contributed by atoms with van der Waals surface area (Å²) in [5.41, 5.74) is 4.09. The fourth-order valence-electron chi connectivity index (χ4n) is 8.04. The zero-order valence-corrected chi connectivity index (χ0v) is 23.2. The van der Waals surface area contributed by atoms with E-state index in [2.05, 4.69) is 45.2 Å². The molecule has 4 aliphatic heterocycles. The molecule has 6 heterocycles. The van der Waals surface area contributed by atoms with Crippen LogP contribution < -0.4 is 15.0 Å². The average molecular weight is 541 g/mol. The Bertz CT molecular complexity index is 1580. The molecule has 2 atom stereocenters. The van der Waals surface area contributed by atoms with E-state index in [4.69, 9.17) is 14.7 Å². The Hall–Kier alpha value is -3.23. The van der Waals surface area contributed by atoms with E-state index in [1.165, 1.54) is 31.2 Å². The van der Waals surface area contributed by atoms with Crippen molar-refractivity contribution >= 4 is 27.6 Å². The predicted molar refractivity (Wildman–Crippen MR) is 157 cm³/mol. The fraction of sp³-hybridized carbons (Fsp3) is 0.500. The predicted octanol–water partition coefficient (Wildman–Crippen LogP) is 5.43. The quantitative estimate of drug-likeness (QED) is 0.340. The number of benzene rings is 2. The van der Waals surface area contributed by atoms with Gasteiger partial charge >= 0.3 is 6.01 Å². The summed E-state index contributed by atoms with van der Waals surface area (Å²) in [7, 11) is 0. The van der Waals surface area contributed by atoms with Crippen molar-refractivity contribution in [1.29, 1.82) is 0 Å². The number of piperazine rings is 1. The number of aromatic nitrogens is 3. The van der Waals surface area contributed by atoms with Crippen LogP contribution in [-0.4, -0.2) is 70.3 Å². The van der Waals surface area contributed by atoms with E-state index in [0.29, 0.717) is 35.8 Å². The number of nitrogens with one attached hydrogen (secondary N) is 2. The topological polar surface area (TPSA) is 69.3 Å². The highest BCUT2D eigenvalue weighted by molar-refractivity contribution is 6.01. The highest BCUT2D eigenvalue weighted by Crippen LogP contribution is 2.41. The van der Waals surface area contributed by atoms with Crippen molar-refractivity contribution in [2.45, 2.75) is 69.5 Å². The second-order valence-corrected chi connectivity index (χ2v) is 12.3. The smallest absolute Gasteiger partial charge is 0.319 e. The van der Waals surface area contributed by atoms with Gasteiger partial charge in [0.15, 0.2) is 5.82 Å². The number of aryl methyl sites for hydroxylation is 1. The van der Waals surface area contributed by atoms with Crippen LogP contribution in [-0.2, 0) is 6.42 Å². The Balaban J connectivity index is 1.24. The molecule has 8 rings (SSSR count). The monoisotopic (exact) mass is 540 g/mol. The summed E-state index contributed by atoms with van der Waals surface area (Å²) < 4.78 is 23.1. The Morgan fingerprint density at radius 2 is 1.82 bits per heavy atom. The molecule has 40 heavy (non-hydrogen) atoms. The van der Waals surface area contributed by atoms with Gasteiger partial charge in [-0.1, -0.05) is 25.1 Å². The van der Waals surface area contributed by atoms with E-state index in [-0.39, 0.29) is 11.4 Å². The Labute approximate surface area is 234 Å². The lowest BCUT2D eigenvalue weighted by Gasteiger charge is -2.34. The molecule has 2 aromatic heterocycles. The Morgan fingerprint density at radius 3 is 2.60 bits per heavy atom. The molecule has 208 valence electrons. The maximum atomic E-state index is 16.6. The first kappa shape index (κ1) is 24.6. The third kappa shape index (κ3) is 3.83. The number of rotatable bonds is 6. The second kappa shape index (κ2) is 9.42. The van der Waals surface area contributed by atoms with Gasteiger partial charge in [0.25, 0.3) is 0 Å². The van der Waals surface area contributed by atoms with E-state index < -0.39 is 0 Å². The highest BCUT2D eigenvalue weighted by atomic mass is 19.1. The van der Waals surface area contributed by atoms with Gasteiger partial charge in [0.05, 0.1) is 5.54 Å². The van der Waals surface area contributed by atoms with E-state index in [9.17, 15) is 0 Å². The van der Waals surface area contributed by atoms with Gasteiger partial charge in [0.2, 0.25) is 0 Å². The minimum atomic E-state index is -0.308. The second-order valence-electron chi connectivity index (χ2n) is 12.3. The zero-order chi connectivity index (χ0) is 26.8. The van der Waals surface area contributed by atoms with Gasteiger partial charge in [0.1, 0.15) is 17.9 Å². The molecule has 2 N–H and O–H groups in total. The maximum absolute atomic E-state index is 16.6. The van der Waals surface area contributed by atoms with Crippen LogP contribution in [0.2, 0.25) is 0 Å². The fourth-order valence-corrected chi connectivity index (χ4v) is 8.04. The third-order valence-electron chi connectivity index (χ3n) is 10.0. The van der Waals surface area contributed by atoms with Crippen LogP contribution in [0.1, 0.15) is 51.0 Å². The van der Waals surface area contributed by atoms with Crippen molar-refractivity contribution < 1.29 is 9.13 Å². The summed E-state index contributed by atoms with van der Waals surface area (Å²) >= 11 is 0. The van der Waals surface area contributed by atoms with Crippen LogP contribution in [0.4, 0.5) is 10.2 Å². The highest BCUT2D eigenvalue weighted by Gasteiger charge is 2.45. The van der Waals surface area contributed by atoms with Crippen molar-refractivity contribution in [2.24, 2.45) is 0 Å². The SMILES string of the molecule is CCc1cccc2[nH]cc(-c3ccc4c(N5C[C@H]6CC[C@@H](C5)N6)nc(OCC56CCCN5CCC6)nc4c3F)c12. The Morgan fingerprint density at radius 1 is 1.02 bits per heavy atom. The largest absolute Gasteiger partial charge is 0.461 e. The molecule has 0 aliphatic carbocycles. The minimum absolute atomic E-state index is 0.0770. The molecule has 8 heteroatoms. The Kier molecular flexibility index (Phi) is 5.78. The van der Waals surface area contributed by atoms with Crippen LogP contribution in [0.5, 0.6) is 6.01 Å². The summed E-state index contributed by atoms with van der Waals surface area (Å²) in [6.45, 7) is 6.71. The lowest BCUT2D eigenvalue weighted by molar-refractivity contribution is 0.108. The van der Waals surface area contributed by atoms with Crippen LogP contribution in [0.3, 0.4) is 0 Å². The van der Waals surface area contributed by atoms with Crippen molar-refractivity contribution in [3.63, 3.8) is 0 Å². The van der Waals surface area contributed by atoms with Gasteiger partial charge in [-0.2, -0.15) is 9.97 Å². The molecule has 0 spiro atoms. The molecular weight excluding hydrogens is 503 g/mol. The molecule has 7 nitrogen and oxygen atoms in total. The first-order valence-electron chi connectivity index (χ1n) is 15.1. The first-order chi connectivity index (χ1) is 19.6. The normalized spacial score (nSPS) is 23.9. The minimum Gasteiger partial charge on any atom is -0.461 e. The molecule has 0 amide bonds. The van der Waals surface area contributed by atoms with Gasteiger partial charge in [0, 0.05) is 58.8 Å². The van der Waals surface area contributed by atoms with Gasteiger partial charge in [-0.05, 0) is 75.7 Å². The third-order valence-corrected chi connectivity index (χ3v) is 10.0. The van der Waals surface area contributed by atoms with Crippen molar-refractivity contribution in [1.82, 2.24) is 25.2 Å². The molecular formula is C32H37FN6O. The molecule has 0 saturated carbocycles. The van der Waals surface area contributed by atoms with Gasteiger partial charge in [-0.25, -0.2) is 4.39 Å². The van der Waals surface area contributed by atoms with Gasteiger partial charge in [-0.15, -0.1) is 0 Å². The molecule has 4 fully saturated rings. The van der Waals surface area contributed by atoms with Crippen molar-refractivity contribution in [2.75, 3.05) is 37.7 Å². The lowest BCUT2D eigenvalue weighted by atomic mass is 9.95. The molecule has 0 unspecified atom stereocenters. The number of halogens is 1. The van der Waals surface area contributed by atoms with E-state index in [1.54, 1.807) is 0 Å². The number of hydrogen-bond acceptors (Lipinski definition) is 6. The van der Waals surface area contributed by atoms with Crippen molar-refractivity contribution in [3.05, 3.63) is 47.9 Å². The summed E-state index contributed by atoms with van der Waals surface area (Å²) in [6.07, 6.45) is 9.86. The molecule has 0 radical (unpaired) electrons. The number of ether oxygens (including phenoxy) is 1. The number of hydrogen-bond donors (Lipinski definition) is 2. The standard InChI is InChI=1S/C32H37FN6O/c1-2-20-6-3-7-26-27(20)25(16-34-26)23-10-11-24-29(28(23)33)36-31(40-19-32-12-4-14-39(32)15-5-13-32)37-30(24)38-17-21-8-9-22(18-38)35-21/h3,6-7,10-11,16,21-22,34-35H,2,4-5,8-9,12-15,17-19H2,1H3/t21-,22+. The molecule has 2 aromatic carbocycles. The summed E-state index contributed by atoms with van der Waals surface area (Å²) in [5, 5.41) is 5.54. The van der Waals surface area contributed by atoms with E-state index in [0.717, 1.165) is 73.1 Å². The van der Waals surface area contributed by atoms with Gasteiger partial charge in [-0.3, -0.25) is 4.90 Å². The van der Waals surface area contributed by atoms with Crippen LogP contribution >= 0.6 is 0 Å². The van der Waals surface area contributed by atoms with Crippen LogP contribution in [0.15, 0.2) is 36.5 Å². The van der Waals surface area contributed by atoms with E-state index in [1.807, 2.05) is 18.3 Å². The summed E-state index contributed by atoms with van der Waals surface area (Å²) in [5.74, 6) is 0.488. The van der Waals surface area contributed by atoms with Crippen LogP contribution in [0.25, 0.3) is 32.9 Å². The lowest BCUT2D eigenvalue weighted by Crippen LogP contribution is -2.51. The molecule has 4 aromatic rings. The number of fused-ring (bicyclic) bond motifs is 5. The van der Waals surface area contributed by atoms with E-state index >= 15 is 4.39 Å². The first-order valence-corrected chi connectivity index (χ1v) is 15.1. The maximum Gasteiger partial charge on any atom is 0.319 e. The number of aromatic amines is 1. The summed E-state index contributed by atoms with van der Waals surface area (Å²) in [4.78, 5) is 18.0. The molecule has 2 bridgehead atoms. The molecule has 4 aliphatic rings. The van der Waals surface area contributed by atoms with Gasteiger partial charge < -0.3 is 19.9 Å². The van der Waals surface area contributed by atoms with Crippen molar-refractivity contribution in [3.8, 4) is 17.1 Å². The number of anilines is 1. The summed E-state index contributed by atoms with van der Waals surface area (Å²) in [6, 6.07) is 11.3. The number of H-pyrrole nitrogens is 1. The molecule has 4 saturated heterocycles. The van der Waals surface area contributed by atoms with Crippen LogP contribution in [0, 0.1) is 5.82 Å². The number of nitrogens with zero attached hydrogens (tertiary/aromatic N) is 4. The average Bonchev–Trinajstić information content (AvgIpc) is 3.75.